The molecule has 1 saturated heterocycles. The van der Waals surface area contributed by atoms with Gasteiger partial charge in [-0.25, -0.2) is 4.79 Å². The first-order valence-electron chi connectivity index (χ1n) is 9.30. The summed E-state index contributed by atoms with van der Waals surface area (Å²) in [6.07, 6.45) is 3.57. The molecule has 4 heterocycles. The monoisotopic (exact) mass is 352 g/mol. The highest BCUT2D eigenvalue weighted by molar-refractivity contribution is 5.89. The fraction of sp³-hybridized carbons (Fsp3) is 0.476. The smallest absolute Gasteiger partial charge is 0.337 e. The Labute approximate surface area is 153 Å². The first kappa shape index (κ1) is 15.9. The van der Waals surface area contributed by atoms with E-state index in [0.717, 1.165) is 12.8 Å². The minimum absolute atomic E-state index is 0.202. The Hall–Kier alpha value is -2.27. The van der Waals surface area contributed by atoms with Crippen molar-refractivity contribution >= 4 is 16.9 Å². The standard InChI is InChI=1S/C21H24N2O3/c1-22-18-9-14-12-6-4-5-7-17(12)23(2)20(14)19(22)8-13-15(18)10-26-11-16(13)21(24)25-3/h4-7,11,13,15,18-19H,8-10H2,1-3H3/t13-,15-,18+,19+/m1/s1. The average Bonchev–Trinajstić information content (AvgIpc) is 2.94. The Bertz CT molecular complexity index is 929. The number of methoxy groups -OCH3 is 1. The molecule has 5 rings (SSSR count). The normalized spacial score (nSPS) is 30.2. The molecule has 0 unspecified atom stereocenters. The lowest BCUT2D eigenvalue weighted by atomic mass is 9.68. The second-order valence-electron chi connectivity index (χ2n) is 7.80. The number of carbonyl (C=O) groups is 1. The van der Waals surface area contributed by atoms with Crippen molar-refractivity contribution in [3.63, 3.8) is 0 Å². The summed E-state index contributed by atoms with van der Waals surface area (Å²) in [5.74, 6) is 0.274. The lowest BCUT2D eigenvalue weighted by molar-refractivity contribution is -0.139. The van der Waals surface area contributed by atoms with Crippen LogP contribution in [0.3, 0.4) is 0 Å². The molecule has 3 aliphatic rings. The third-order valence-electron chi connectivity index (χ3n) is 6.81. The zero-order valence-electron chi connectivity index (χ0n) is 15.4. The van der Waals surface area contributed by atoms with Crippen molar-refractivity contribution in [2.24, 2.45) is 18.9 Å². The highest BCUT2D eigenvalue weighted by Gasteiger charge is 2.50. The zero-order valence-corrected chi connectivity index (χ0v) is 15.4. The predicted molar refractivity (Wildman–Crippen MR) is 98.6 cm³/mol. The minimum Gasteiger partial charge on any atom is -0.500 e. The molecule has 0 N–H and O–H groups in total. The maximum Gasteiger partial charge on any atom is 0.337 e. The van der Waals surface area contributed by atoms with Crippen LogP contribution in [-0.4, -0.2) is 42.2 Å². The van der Waals surface area contributed by atoms with Crippen LogP contribution in [0.2, 0.25) is 0 Å². The fourth-order valence-corrected chi connectivity index (χ4v) is 5.56. The van der Waals surface area contributed by atoms with Gasteiger partial charge in [-0.15, -0.1) is 0 Å². The van der Waals surface area contributed by atoms with E-state index < -0.39 is 0 Å². The number of likely N-dealkylation sites (N-methyl/N-ethyl adjacent to an activating group) is 1. The Morgan fingerprint density at radius 1 is 1.27 bits per heavy atom. The van der Waals surface area contributed by atoms with Crippen molar-refractivity contribution in [2.75, 3.05) is 20.8 Å². The molecular weight excluding hydrogens is 328 g/mol. The van der Waals surface area contributed by atoms with Crippen molar-refractivity contribution in [1.29, 1.82) is 0 Å². The van der Waals surface area contributed by atoms with E-state index in [-0.39, 0.29) is 11.9 Å². The van der Waals surface area contributed by atoms with Crippen molar-refractivity contribution < 1.29 is 14.3 Å². The van der Waals surface area contributed by atoms with Crippen LogP contribution >= 0.6 is 0 Å². The van der Waals surface area contributed by atoms with E-state index in [2.05, 4.69) is 47.8 Å². The Morgan fingerprint density at radius 2 is 2.08 bits per heavy atom. The number of piperidine rings is 1. The lowest BCUT2D eigenvalue weighted by Crippen LogP contribution is -2.55. The number of aromatic nitrogens is 1. The van der Waals surface area contributed by atoms with Crippen LogP contribution in [0.5, 0.6) is 0 Å². The van der Waals surface area contributed by atoms with Crippen LogP contribution in [0.4, 0.5) is 0 Å². The molecule has 0 amide bonds. The molecule has 2 bridgehead atoms. The molecule has 0 radical (unpaired) electrons. The molecule has 0 spiro atoms. The molecule has 4 atom stereocenters. The number of esters is 1. The summed E-state index contributed by atoms with van der Waals surface area (Å²) in [7, 11) is 5.84. The third-order valence-corrected chi connectivity index (χ3v) is 6.81. The second-order valence-corrected chi connectivity index (χ2v) is 7.80. The van der Waals surface area contributed by atoms with Gasteiger partial charge in [0.15, 0.2) is 0 Å². The summed E-state index contributed by atoms with van der Waals surface area (Å²) in [5.41, 5.74) is 4.87. The van der Waals surface area contributed by atoms with Gasteiger partial charge in [0.05, 0.1) is 31.6 Å². The molecule has 0 saturated carbocycles. The number of hydrogen-bond donors (Lipinski definition) is 0. The number of fused-ring (bicyclic) bond motifs is 8. The zero-order chi connectivity index (χ0) is 18.0. The van der Waals surface area contributed by atoms with E-state index in [0.29, 0.717) is 30.2 Å². The van der Waals surface area contributed by atoms with Gasteiger partial charge in [-0.1, -0.05) is 18.2 Å². The summed E-state index contributed by atoms with van der Waals surface area (Å²) >= 11 is 0. The van der Waals surface area contributed by atoms with Crippen LogP contribution in [-0.2, 0) is 27.7 Å². The Morgan fingerprint density at radius 3 is 2.88 bits per heavy atom. The van der Waals surface area contributed by atoms with Gasteiger partial charge in [0, 0.05) is 41.5 Å². The molecule has 26 heavy (non-hydrogen) atoms. The number of carbonyl (C=O) groups excluding carboxylic acids is 1. The van der Waals surface area contributed by atoms with E-state index >= 15 is 0 Å². The van der Waals surface area contributed by atoms with E-state index in [1.54, 1.807) is 6.26 Å². The number of rotatable bonds is 1. The molecule has 3 aliphatic heterocycles. The van der Waals surface area contributed by atoms with Gasteiger partial charge in [-0.3, -0.25) is 4.90 Å². The van der Waals surface area contributed by atoms with Gasteiger partial charge in [0.2, 0.25) is 0 Å². The van der Waals surface area contributed by atoms with E-state index in [9.17, 15) is 4.79 Å². The highest BCUT2D eigenvalue weighted by atomic mass is 16.5. The number of benzene rings is 1. The van der Waals surface area contributed by atoms with Gasteiger partial charge in [-0.05, 0) is 31.5 Å². The van der Waals surface area contributed by atoms with Crippen LogP contribution in [0.1, 0.15) is 23.7 Å². The average molecular weight is 352 g/mol. The number of para-hydroxylation sites is 1. The largest absolute Gasteiger partial charge is 0.500 e. The SMILES string of the molecule is COC(=O)C1=COC[C@@H]2[C@H]1C[C@H]1c3c(c4ccccc4n3C)C[C@@H]2N1C. The third kappa shape index (κ3) is 1.98. The molecule has 5 nitrogen and oxygen atoms in total. The second kappa shape index (κ2) is 5.61. The molecule has 136 valence electrons. The number of hydrogen-bond acceptors (Lipinski definition) is 4. The number of aryl methyl sites for hydroxylation is 1. The topological polar surface area (TPSA) is 43.7 Å². The summed E-state index contributed by atoms with van der Waals surface area (Å²) < 4.78 is 13.1. The summed E-state index contributed by atoms with van der Waals surface area (Å²) in [6.45, 7) is 0.674. The first-order chi connectivity index (χ1) is 12.6. The van der Waals surface area contributed by atoms with E-state index in [1.807, 2.05) is 0 Å². The van der Waals surface area contributed by atoms with Crippen molar-refractivity contribution in [1.82, 2.24) is 9.47 Å². The maximum atomic E-state index is 12.3. The van der Waals surface area contributed by atoms with Crippen LogP contribution < -0.4 is 0 Å². The maximum absolute atomic E-state index is 12.3. The molecule has 1 fully saturated rings. The van der Waals surface area contributed by atoms with Gasteiger partial charge < -0.3 is 14.0 Å². The van der Waals surface area contributed by atoms with Crippen molar-refractivity contribution in [3.8, 4) is 0 Å². The molecule has 2 aromatic rings. The first-order valence-corrected chi connectivity index (χ1v) is 9.30. The molecule has 1 aromatic heterocycles. The van der Waals surface area contributed by atoms with Crippen LogP contribution in [0.25, 0.3) is 10.9 Å². The molecule has 1 aromatic carbocycles. The number of ether oxygens (including phenoxy) is 2. The number of nitrogens with zero attached hydrogens (tertiary/aromatic N) is 2. The lowest BCUT2D eigenvalue weighted by Gasteiger charge is -2.52. The minimum atomic E-state index is -0.250. The summed E-state index contributed by atoms with van der Waals surface area (Å²) in [4.78, 5) is 14.8. The van der Waals surface area contributed by atoms with Crippen LogP contribution in [0.15, 0.2) is 36.1 Å². The molecule has 0 aliphatic carbocycles. The van der Waals surface area contributed by atoms with Gasteiger partial charge in [-0.2, -0.15) is 0 Å². The molecule has 5 heteroatoms. The van der Waals surface area contributed by atoms with E-state index in [4.69, 9.17) is 9.47 Å². The van der Waals surface area contributed by atoms with E-state index in [1.165, 1.54) is 29.3 Å². The van der Waals surface area contributed by atoms with Gasteiger partial charge in [0.25, 0.3) is 0 Å². The Kier molecular flexibility index (Phi) is 3.44. The quantitative estimate of drug-likeness (QED) is 0.741. The van der Waals surface area contributed by atoms with Gasteiger partial charge >= 0.3 is 5.97 Å². The summed E-state index contributed by atoms with van der Waals surface area (Å²) in [6, 6.07) is 9.37. The Balaban J connectivity index is 1.65. The van der Waals surface area contributed by atoms with Gasteiger partial charge in [0.1, 0.15) is 0 Å². The highest BCUT2D eigenvalue weighted by Crippen LogP contribution is 2.51. The predicted octanol–water partition coefficient (Wildman–Crippen LogP) is 2.80. The van der Waals surface area contributed by atoms with Crippen molar-refractivity contribution in [3.05, 3.63) is 47.4 Å². The fourth-order valence-electron chi connectivity index (χ4n) is 5.56. The molecular formula is C21H24N2O3. The van der Waals surface area contributed by atoms with Crippen molar-refractivity contribution in [2.45, 2.75) is 24.9 Å². The van der Waals surface area contributed by atoms with Crippen LogP contribution in [0, 0.1) is 11.8 Å². The summed E-state index contributed by atoms with van der Waals surface area (Å²) in [5, 5.41) is 1.37.